The Morgan fingerprint density at radius 3 is 2.53 bits per heavy atom. The monoisotopic (exact) mass is 409 g/mol. The molecule has 1 aliphatic rings. The number of aromatic nitrogens is 4. The molecular formula is C23H31N5O2. The van der Waals surface area contributed by atoms with Crippen molar-refractivity contribution in [2.75, 3.05) is 6.54 Å². The molecule has 0 radical (unpaired) electrons. The van der Waals surface area contributed by atoms with Crippen LogP contribution < -0.4 is 11.2 Å². The van der Waals surface area contributed by atoms with Gasteiger partial charge in [0.25, 0.3) is 5.56 Å². The summed E-state index contributed by atoms with van der Waals surface area (Å²) >= 11 is 0. The number of benzene rings is 1. The van der Waals surface area contributed by atoms with Crippen LogP contribution in [0.25, 0.3) is 11.2 Å². The summed E-state index contributed by atoms with van der Waals surface area (Å²) in [4.78, 5) is 32.6. The highest BCUT2D eigenvalue weighted by Gasteiger charge is 2.22. The third-order valence-corrected chi connectivity index (χ3v) is 6.24. The van der Waals surface area contributed by atoms with Crippen molar-refractivity contribution < 1.29 is 0 Å². The number of imidazole rings is 1. The topological polar surface area (TPSA) is 65.1 Å². The van der Waals surface area contributed by atoms with Crippen molar-refractivity contribution in [2.24, 2.45) is 14.1 Å². The summed E-state index contributed by atoms with van der Waals surface area (Å²) in [7, 11) is 3.24. The second-order valence-electron chi connectivity index (χ2n) is 8.35. The van der Waals surface area contributed by atoms with Crippen LogP contribution >= 0.6 is 0 Å². The Hall–Kier alpha value is -2.67. The Morgan fingerprint density at radius 1 is 1.00 bits per heavy atom. The summed E-state index contributed by atoms with van der Waals surface area (Å²) in [6.07, 6.45) is 5.50. The first-order chi connectivity index (χ1) is 14.5. The zero-order valence-electron chi connectivity index (χ0n) is 18.2. The molecule has 4 rings (SSSR count). The summed E-state index contributed by atoms with van der Waals surface area (Å²) in [6, 6.07) is 8.58. The van der Waals surface area contributed by atoms with Crippen molar-refractivity contribution in [3.05, 3.63) is 62.1 Å². The predicted molar refractivity (Wildman–Crippen MR) is 119 cm³/mol. The number of rotatable bonds is 7. The molecule has 0 atom stereocenters. The molecule has 0 spiro atoms. The molecule has 0 saturated heterocycles. The minimum absolute atomic E-state index is 0.258. The van der Waals surface area contributed by atoms with Crippen molar-refractivity contribution in [1.29, 1.82) is 0 Å². The van der Waals surface area contributed by atoms with E-state index < -0.39 is 0 Å². The molecule has 0 unspecified atom stereocenters. The Morgan fingerprint density at radius 2 is 1.77 bits per heavy atom. The lowest BCUT2D eigenvalue weighted by molar-refractivity contribution is 0.236. The Labute approximate surface area is 176 Å². The van der Waals surface area contributed by atoms with Crippen LogP contribution in [-0.4, -0.2) is 30.1 Å². The summed E-state index contributed by atoms with van der Waals surface area (Å²) in [5.41, 5.74) is 3.22. The van der Waals surface area contributed by atoms with Gasteiger partial charge in [-0.1, -0.05) is 50.5 Å². The summed E-state index contributed by atoms with van der Waals surface area (Å²) < 4.78 is 4.75. The average Bonchev–Trinajstić information content (AvgIpc) is 3.12. The van der Waals surface area contributed by atoms with Crippen LogP contribution in [0.2, 0.25) is 0 Å². The lowest BCUT2D eigenvalue weighted by Gasteiger charge is -2.28. The molecule has 160 valence electrons. The lowest BCUT2D eigenvalue weighted by Crippen LogP contribution is -2.37. The highest BCUT2D eigenvalue weighted by Crippen LogP contribution is 2.21. The molecule has 2 aromatic heterocycles. The molecule has 0 bridgehead atoms. The number of aryl methyl sites for hydroxylation is 2. The van der Waals surface area contributed by atoms with Crippen molar-refractivity contribution in [3.63, 3.8) is 0 Å². The first-order valence-corrected chi connectivity index (χ1v) is 11.0. The number of hydrogen-bond donors (Lipinski definition) is 0. The minimum atomic E-state index is -0.332. The van der Waals surface area contributed by atoms with E-state index in [-0.39, 0.29) is 11.2 Å². The van der Waals surface area contributed by atoms with E-state index in [1.54, 1.807) is 14.1 Å². The second-order valence-corrected chi connectivity index (χ2v) is 8.35. The van der Waals surface area contributed by atoms with E-state index in [9.17, 15) is 9.59 Å². The van der Waals surface area contributed by atoms with Gasteiger partial charge in [-0.05, 0) is 24.0 Å². The molecule has 7 nitrogen and oxygen atoms in total. The first kappa shape index (κ1) is 20.6. The van der Waals surface area contributed by atoms with E-state index in [0.29, 0.717) is 17.7 Å². The van der Waals surface area contributed by atoms with Crippen LogP contribution in [-0.2, 0) is 40.2 Å². The van der Waals surface area contributed by atoms with Gasteiger partial charge in [-0.25, -0.2) is 9.78 Å². The average molecular weight is 410 g/mol. The van der Waals surface area contributed by atoms with Crippen molar-refractivity contribution in [1.82, 2.24) is 23.6 Å². The molecule has 1 aliphatic heterocycles. The van der Waals surface area contributed by atoms with Crippen LogP contribution in [0, 0.1) is 0 Å². The minimum Gasteiger partial charge on any atom is -0.321 e. The van der Waals surface area contributed by atoms with Crippen LogP contribution in [0.3, 0.4) is 0 Å². The van der Waals surface area contributed by atoms with Gasteiger partial charge in [-0.2, -0.15) is 0 Å². The number of hydrogen-bond acceptors (Lipinski definition) is 4. The zero-order valence-corrected chi connectivity index (χ0v) is 18.2. The molecule has 0 aliphatic carbocycles. The highest BCUT2D eigenvalue weighted by atomic mass is 16.2. The predicted octanol–water partition coefficient (Wildman–Crippen LogP) is 2.57. The molecule has 0 amide bonds. The van der Waals surface area contributed by atoms with Gasteiger partial charge in [-0.15, -0.1) is 0 Å². The fourth-order valence-electron chi connectivity index (χ4n) is 4.44. The van der Waals surface area contributed by atoms with Crippen LogP contribution in [0.15, 0.2) is 33.9 Å². The van der Waals surface area contributed by atoms with Gasteiger partial charge < -0.3 is 4.57 Å². The third kappa shape index (κ3) is 3.74. The highest BCUT2D eigenvalue weighted by molar-refractivity contribution is 5.71. The maximum Gasteiger partial charge on any atom is 0.332 e. The summed E-state index contributed by atoms with van der Waals surface area (Å²) in [5, 5.41) is 0. The smallest absolute Gasteiger partial charge is 0.321 e. The van der Waals surface area contributed by atoms with Crippen LogP contribution in [0.4, 0.5) is 0 Å². The van der Waals surface area contributed by atoms with E-state index in [0.717, 1.165) is 44.7 Å². The van der Waals surface area contributed by atoms with Gasteiger partial charge in [0.15, 0.2) is 11.2 Å². The summed E-state index contributed by atoms with van der Waals surface area (Å²) in [5.74, 6) is 0.874. The van der Waals surface area contributed by atoms with E-state index in [2.05, 4.69) is 40.7 Å². The van der Waals surface area contributed by atoms with Crippen LogP contribution in [0.5, 0.6) is 0 Å². The molecule has 0 saturated carbocycles. The Kier molecular flexibility index (Phi) is 5.90. The van der Waals surface area contributed by atoms with Gasteiger partial charge >= 0.3 is 5.69 Å². The molecule has 30 heavy (non-hydrogen) atoms. The van der Waals surface area contributed by atoms with Crippen molar-refractivity contribution in [2.45, 2.75) is 58.7 Å². The first-order valence-electron chi connectivity index (χ1n) is 11.0. The fraction of sp³-hybridized carbons (Fsp3) is 0.522. The van der Waals surface area contributed by atoms with Gasteiger partial charge in [-0.3, -0.25) is 18.8 Å². The fourth-order valence-corrected chi connectivity index (χ4v) is 4.44. The largest absolute Gasteiger partial charge is 0.332 e. The lowest BCUT2D eigenvalue weighted by atomic mass is 10.00. The number of nitrogens with zero attached hydrogens (tertiary/aromatic N) is 5. The van der Waals surface area contributed by atoms with Crippen molar-refractivity contribution in [3.8, 4) is 0 Å². The van der Waals surface area contributed by atoms with E-state index in [4.69, 9.17) is 4.98 Å². The quantitative estimate of drug-likeness (QED) is 0.563. The maximum atomic E-state index is 13.0. The van der Waals surface area contributed by atoms with Gasteiger partial charge in [0.05, 0.1) is 6.54 Å². The molecule has 1 aromatic carbocycles. The van der Waals surface area contributed by atoms with Crippen molar-refractivity contribution >= 4 is 11.2 Å². The van der Waals surface area contributed by atoms with E-state index in [1.165, 1.54) is 33.1 Å². The molecular weight excluding hydrogens is 378 g/mol. The Bertz CT molecular complexity index is 1170. The molecule has 3 heterocycles. The number of fused-ring (bicyclic) bond motifs is 2. The van der Waals surface area contributed by atoms with Gasteiger partial charge in [0.1, 0.15) is 5.82 Å². The number of unbranched alkanes of at least 4 members (excludes halogenated alkanes) is 3. The van der Waals surface area contributed by atoms with Gasteiger partial charge in [0.2, 0.25) is 0 Å². The van der Waals surface area contributed by atoms with Crippen LogP contribution in [0.1, 0.15) is 49.6 Å². The second kappa shape index (κ2) is 8.60. The standard InChI is InChI=1S/C23H31N5O2/c1-4-5-6-9-13-28-19(16-27-14-12-17-10-7-8-11-18(17)15-27)24-21-20(28)22(29)26(3)23(30)25(21)2/h7-8,10-11H,4-6,9,12-16H2,1-3H3. The zero-order chi connectivity index (χ0) is 21.3. The molecule has 3 aromatic rings. The molecule has 0 fully saturated rings. The van der Waals surface area contributed by atoms with E-state index in [1.807, 2.05) is 0 Å². The maximum absolute atomic E-state index is 13.0. The molecule has 0 N–H and O–H groups in total. The third-order valence-electron chi connectivity index (χ3n) is 6.24. The Balaban J connectivity index is 1.71. The molecule has 7 heteroatoms. The van der Waals surface area contributed by atoms with Gasteiger partial charge in [0, 0.05) is 33.7 Å². The summed E-state index contributed by atoms with van der Waals surface area (Å²) in [6.45, 7) is 5.47. The SMILES string of the molecule is CCCCCCn1c(CN2CCc3ccccc3C2)nc2c1c(=O)n(C)c(=O)n2C. The normalized spacial score (nSPS) is 14.4. The van der Waals surface area contributed by atoms with E-state index >= 15 is 0 Å².